The van der Waals surface area contributed by atoms with Crippen molar-refractivity contribution in [2.45, 2.75) is 20.8 Å². The zero-order valence-electron chi connectivity index (χ0n) is 17.4. The third-order valence-corrected chi connectivity index (χ3v) is 5.17. The third-order valence-electron chi connectivity index (χ3n) is 5.17. The Labute approximate surface area is 172 Å². The fourth-order valence-corrected chi connectivity index (χ4v) is 3.99. The van der Waals surface area contributed by atoms with Gasteiger partial charge in [-0.1, -0.05) is 36.4 Å². The number of aryl methyl sites for hydroxylation is 4. The van der Waals surface area contributed by atoms with Crippen LogP contribution in [0, 0.1) is 20.8 Å². The van der Waals surface area contributed by atoms with Crippen LogP contribution in [0.1, 0.15) is 17.0 Å². The molecule has 0 N–H and O–H groups in total. The van der Waals surface area contributed by atoms with Gasteiger partial charge in [0.2, 0.25) is 5.69 Å². The first-order valence-electron chi connectivity index (χ1n) is 9.90. The molecule has 144 valence electrons. The first-order valence-corrected chi connectivity index (χ1v) is 9.90. The van der Waals surface area contributed by atoms with Crippen LogP contribution in [0.25, 0.3) is 11.3 Å². The van der Waals surface area contributed by atoms with E-state index < -0.39 is 0 Å². The number of anilines is 3. The molecule has 0 amide bonds. The van der Waals surface area contributed by atoms with Gasteiger partial charge >= 0.3 is 0 Å². The third kappa shape index (κ3) is 3.77. The summed E-state index contributed by atoms with van der Waals surface area (Å²) < 4.78 is 2.17. The van der Waals surface area contributed by atoms with Crippen LogP contribution in [0.2, 0.25) is 0 Å². The monoisotopic (exact) mass is 380 g/mol. The van der Waals surface area contributed by atoms with Crippen LogP contribution in [0.3, 0.4) is 0 Å². The van der Waals surface area contributed by atoms with Gasteiger partial charge < -0.3 is 4.90 Å². The summed E-state index contributed by atoms with van der Waals surface area (Å²) >= 11 is 0. The summed E-state index contributed by atoms with van der Waals surface area (Å²) in [7, 11) is 2.09. The summed E-state index contributed by atoms with van der Waals surface area (Å²) in [4.78, 5) is 6.96. The highest BCUT2D eigenvalue weighted by Gasteiger charge is 2.19. The van der Waals surface area contributed by atoms with E-state index in [1.165, 1.54) is 11.1 Å². The number of para-hydroxylation sites is 2. The van der Waals surface area contributed by atoms with Crippen LogP contribution in [-0.2, 0) is 7.05 Å². The molecule has 0 bridgehead atoms. The van der Waals surface area contributed by atoms with Gasteiger partial charge in [-0.3, -0.25) is 0 Å². The molecule has 0 aliphatic heterocycles. The molecule has 29 heavy (non-hydrogen) atoms. The van der Waals surface area contributed by atoms with Gasteiger partial charge in [-0.05, 0) is 68.8 Å². The minimum Gasteiger partial charge on any atom is -0.310 e. The van der Waals surface area contributed by atoms with Crippen molar-refractivity contribution in [1.29, 1.82) is 0 Å². The fraction of sp³-hybridized carbons (Fsp3) is 0.154. The average molecular weight is 381 g/mol. The molecule has 1 heterocycles. The Hall–Kier alpha value is -3.46. The molecule has 4 aromatic rings. The smallest absolute Gasteiger partial charge is 0.233 e. The van der Waals surface area contributed by atoms with Crippen LogP contribution >= 0.6 is 0 Å². The lowest BCUT2D eigenvalue weighted by molar-refractivity contribution is -0.661. The van der Waals surface area contributed by atoms with Crippen molar-refractivity contribution in [2.24, 2.45) is 7.05 Å². The van der Waals surface area contributed by atoms with Crippen molar-refractivity contribution in [3.63, 3.8) is 0 Å². The number of hydrogen-bond donors (Lipinski definition) is 0. The van der Waals surface area contributed by atoms with E-state index in [1.54, 1.807) is 0 Å². The Kier molecular flexibility index (Phi) is 5.13. The summed E-state index contributed by atoms with van der Waals surface area (Å²) in [6, 6.07) is 27.6. The minimum atomic E-state index is 1.03. The molecule has 0 saturated heterocycles. The Morgan fingerprint density at radius 1 is 0.724 bits per heavy atom. The summed E-state index contributed by atoms with van der Waals surface area (Å²) in [6.07, 6.45) is 2.08. The van der Waals surface area contributed by atoms with Crippen LogP contribution in [-0.4, -0.2) is 4.98 Å². The zero-order valence-corrected chi connectivity index (χ0v) is 17.4. The molecule has 0 unspecified atom stereocenters. The van der Waals surface area contributed by atoms with E-state index in [1.807, 2.05) is 19.1 Å². The molecular weight excluding hydrogens is 354 g/mol. The maximum absolute atomic E-state index is 4.67. The average Bonchev–Trinajstić information content (AvgIpc) is 2.71. The van der Waals surface area contributed by atoms with Crippen molar-refractivity contribution in [3.05, 3.63) is 102 Å². The molecule has 0 saturated carbocycles. The Morgan fingerprint density at radius 3 is 1.83 bits per heavy atom. The predicted octanol–water partition coefficient (Wildman–Crippen LogP) is 5.97. The van der Waals surface area contributed by atoms with Crippen LogP contribution in [0.5, 0.6) is 0 Å². The molecule has 3 heteroatoms. The molecule has 0 atom stereocenters. The molecule has 1 aromatic heterocycles. The lowest BCUT2D eigenvalue weighted by Crippen LogP contribution is -2.33. The number of nitrogens with zero attached hydrogens (tertiary/aromatic N) is 3. The van der Waals surface area contributed by atoms with Gasteiger partial charge in [0.15, 0.2) is 6.20 Å². The first-order chi connectivity index (χ1) is 14.0. The van der Waals surface area contributed by atoms with Gasteiger partial charge in [-0.15, -0.1) is 0 Å². The van der Waals surface area contributed by atoms with E-state index in [0.29, 0.717) is 0 Å². The van der Waals surface area contributed by atoms with E-state index in [4.69, 9.17) is 0 Å². The van der Waals surface area contributed by atoms with Gasteiger partial charge in [0, 0.05) is 17.1 Å². The fourth-order valence-electron chi connectivity index (χ4n) is 3.99. The van der Waals surface area contributed by atoms with Crippen LogP contribution in [0.4, 0.5) is 17.1 Å². The van der Waals surface area contributed by atoms with Crippen LogP contribution in [0.15, 0.2) is 85.1 Å². The zero-order chi connectivity index (χ0) is 20.4. The number of aromatic nitrogens is 2. The number of benzene rings is 3. The Bertz CT molecular complexity index is 1070. The largest absolute Gasteiger partial charge is 0.310 e. The van der Waals surface area contributed by atoms with Gasteiger partial charge in [-0.2, -0.15) is 4.57 Å². The molecule has 0 aliphatic rings. The topological polar surface area (TPSA) is 20.0 Å². The van der Waals surface area contributed by atoms with Crippen molar-refractivity contribution in [2.75, 3.05) is 4.90 Å². The predicted molar refractivity (Wildman–Crippen MR) is 120 cm³/mol. The van der Waals surface area contributed by atoms with E-state index in [2.05, 4.69) is 108 Å². The second kappa shape index (κ2) is 7.88. The van der Waals surface area contributed by atoms with Gasteiger partial charge in [0.25, 0.3) is 0 Å². The Morgan fingerprint density at radius 2 is 1.31 bits per heavy atom. The van der Waals surface area contributed by atoms with Gasteiger partial charge in [-0.25, -0.2) is 4.98 Å². The molecule has 0 aliphatic carbocycles. The molecule has 3 aromatic carbocycles. The van der Waals surface area contributed by atoms with Crippen molar-refractivity contribution < 1.29 is 4.57 Å². The highest BCUT2D eigenvalue weighted by molar-refractivity contribution is 5.78. The SMILES string of the molecule is Cc1c[n+](C)c(-c2ccc(N(c3ccccc3)c3ccccc3)cc2C)c(C)n1. The second-order valence-corrected chi connectivity index (χ2v) is 7.43. The van der Waals surface area contributed by atoms with Gasteiger partial charge in [0.05, 0.1) is 5.56 Å². The molecule has 0 spiro atoms. The maximum atomic E-state index is 4.67. The lowest BCUT2D eigenvalue weighted by Gasteiger charge is -2.26. The maximum Gasteiger partial charge on any atom is 0.233 e. The van der Waals surface area contributed by atoms with E-state index in [9.17, 15) is 0 Å². The second-order valence-electron chi connectivity index (χ2n) is 7.43. The van der Waals surface area contributed by atoms with Crippen molar-refractivity contribution >= 4 is 17.1 Å². The van der Waals surface area contributed by atoms with Crippen molar-refractivity contribution in [1.82, 2.24) is 4.98 Å². The molecule has 0 radical (unpaired) electrons. The lowest BCUT2D eigenvalue weighted by atomic mass is 10.0. The molecule has 4 rings (SSSR count). The van der Waals surface area contributed by atoms with Crippen molar-refractivity contribution in [3.8, 4) is 11.3 Å². The summed E-state index contributed by atoms with van der Waals surface area (Å²) in [6.45, 7) is 6.28. The van der Waals surface area contributed by atoms with E-state index >= 15 is 0 Å². The van der Waals surface area contributed by atoms with E-state index in [-0.39, 0.29) is 0 Å². The van der Waals surface area contributed by atoms with Gasteiger partial charge in [0.1, 0.15) is 18.4 Å². The Balaban J connectivity index is 1.84. The number of hydrogen-bond acceptors (Lipinski definition) is 2. The quantitative estimate of drug-likeness (QED) is 0.407. The normalized spacial score (nSPS) is 10.8. The highest BCUT2D eigenvalue weighted by Crippen LogP contribution is 2.36. The molecule has 3 nitrogen and oxygen atoms in total. The first kappa shape index (κ1) is 18.9. The summed E-state index contributed by atoms with van der Waals surface area (Å²) in [5, 5.41) is 0. The standard InChI is InChI=1S/C26H26N3/c1-19-17-24(15-16-25(19)26-21(3)27-20(2)18-28(26)4)29(22-11-7-5-8-12-22)23-13-9-6-10-14-23/h5-18H,1-4H3/q+1. The highest BCUT2D eigenvalue weighted by atomic mass is 15.1. The number of rotatable bonds is 4. The van der Waals surface area contributed by atoms with Crippen LogP contribution < -0.4 is 9.47 Å². The summed E-state index contributed by atoms with van der Waals surface area (Å²) in [5.74, 6) is 0. The minimum absolute atomic E-state index is 1.03. The molecular formula is C26H26N3+. The molecule has 0 fully saturated rings. The van der Waals surface area contributed by atoms with E-state index in [0.717, 1.165) is 34.1 Å². The summed E-state index contributed by atoms with van der Waals surface area (Å²) in [5.41, 5.74) is 9.10.